The second kappa shape index (κ2) is 5.56. The zero-order valence-electron chi connectivity index (χ0n) is 10.9. The molecule has 3 N–H and O–H groups in total. The monoisotopic (exact) mass is 286 g/mol. The van der Waals surface area contributed by atoms with Crippen molar-refractivity contribution in [1.29, 1.82) is 0 Å². The highest BCUT2D eigenvalue weighted by atomic mass is 32.2. The molecule has 0 bridgehead atoms. The van der Waals surface area contributed by atoms with Crippen molar-refractivity contribution in [3.8, 4) is 0 Å². The fourth-order valence-corrected chi connectivity index (χ4v) is 3.87. The van der Waals surface area contributed by atoms with Crippen LogP contribution in [0.4, 0.5) is 4.39 Å². The van der Waals surface area contributed by atoms with Crippen LogP contribution < -0.4 is 10.5 Å². The van der Waals surface area contributed by atoms with E-state index in [-0.39, 0.29) is 17.0 Å². The maximum atomic E-state index is 13.7. The van der Waals surface area contributed by atoms with E-state index in [0.717, 1.165) is 19.3 Å². The molecule has 2 unspecified atom stereocenters. The molecule has 1 aromatic carbocycles. The number of rotatable bonds is 3. The predicted molar refractivity (Wildman–Crippen MR) is 71.7 cm³/mol. The van der Waals surface area contributed by atoms with Gasteiger partial charge < -0.3 is 5.73 Å². The lowest BCUT2D eigenvalue weighted by Gasteiger charge is -2.29. The molecule has 0 aromatic heterocycles. The van der Waals surface area contributed by atoms with E-state index in [9.17, 15) is 12.8 Å². The molecule has 6 heteroatoms. The molecule has 0 heterocycles. The molecule has 0 amide bonds. The van der Waals surface area contributed by atoms with Crippen LogP contribution in [0.2, 0.25) is 0 Å². The molecule has 1 saturated carbocycles. The van der Waals surface area contributed by atoms with Crippen molar-refractivity contribution >= 4 is 10.0 Å². The Labute approximate surface area is 113 Å². The van der Waals surface area contributed by atoms with E-state index < -0.39 is 15.8 Å². The summed E-state index contributed by atoms with van der Waals surface area (Å²) in [6, 6.07) is 3.55. The van der Waals surface area contributed by atoms with Gasteiger partial charge in [-0.3, -0.25) is 0 Å². The minimum atomic E-state index is -3.85. The van der Waals surface area contributed by atoms with Crippen molar-refractivity contribution in [1.82, 2.24) is 4.72 Å². The Bertz CT molecular complexity index is 560. The molecule has 106 valence electrons. The summed E-state index contributed by atoms with van der Waals surface area (Å²) in [5.41, 5.74) is 6.61. The summed E-state index contributed by atoms with van der Waals surface area (Å²) in [5, 5.41) is 0. The Morgan fingerprint density at radius 2 is 2.00 bits per heavy atom. The molecule has 0 aliphatic heterocycles. The lowest BCUT2D eigenvalue weighted by atomic mass is 9.92. The molecular formula is C13H19FN2O2S. The Morgan fingerprint density at radius 3 is 2.68 bits per heavy atom. The van der Waals surface area contributed by atoms with E-state index in [1.165, 1.54) is 12.1 Å². The van der Waals surface area contributed by atoms with Crippen LogP contribution in [0.5, 0.6) is 0 Å². The van der Waals surface area contributed by atoms with Crippen LogP contribution in [0.15, 0.2) is 23.1 Å². The zero-order chi connectivity index (χ0) is 14.0. The molecule has 1 aliphatic rings. The molecule has 0 saturated heterocycles. The Hall–Kier alpha value is -0.980. The van der Waals surface area contributed by atoms with Crippen molar-refractivity contribution in [2.75, 3.05) is 0 Å². The van der Waals surface area contributed by atoms with Gasteiger partial charge in [-0.15, -0.1) is 0 Å². The fourth-order valence-electron chi connectivity index (χ4n) is 2.39. The summed E-state index contributed by atoms with van der Waals surface area (Å²) in [7, 11) is -3.85. The third-order valence-electron chi connectivity index (χ3n) is 3.50. The van der Waals surface area contributed by atoms with Gasteiger partial charge in [-0.05, 0) is 37.5 Å². The summed E-state index contributed by atoms with van der Waals surface area (Å²) in [6.07, 6.45) is 3.45. The predicted octanol–water partition coefficient (Wildman–Crippen LogP) is 1.68. The van der Waals surface area contributed by atoms with Gasteiger partial charge in [0.2, 0.25) is 10.0 Å². The second-order valence-electron chi connectivity index (χ2n) is 5.11. The van der Waals surface area contributed by atoms with Gasteiger partial charge in [0.05, 0.1) is 0 Å². The van der Waals surface area contributed by atoms with E-state index in [1.54, 1.807) is 13.0 Å². The number of sulfonamides is 1. The first kappa shape index (κ1) is 14.4. The molecule has 1 fully saturated rings. The average Bonchev–Trinajstić information content (AvgIpc) is 2.35. The largest absolute Gasteiger partial charge is 0.326 e. The van der Waals surface area contributed by atoms with Crippen LogP contribution in [-0.2, 0) is 10.0 Å². The molecule has 1 aliphatic carbocycles. The van der Waals surface area contributed by atoms with E-state index in [2.05, 4.69) is 4.72 Å². The van der Waals surface area contributed by atoms with Crippen molar-refractivity contribution < 1.29 is 12.8 Å². The minimum absolute atomic E-state index is 0.198. The molecule has 19 heavy (non-hydrogen) atoms. The fraction of sp³-hybridized carbons (Fsp3) is 0.538. The summed E-state index contributed by atoms with van der Waals surface area (Å²) < 4.78 is 40.6. The quantitative estimate of drug-likeness (QED) is 0.888. The number of halogens is 1. The number of benzene rings is 1. The van der Waals surface area contributed by atoms with Gasteiger partial charge in [-0.1, -0.05) is 18.9 Å². The first-order chi connectivity index (χ1) is 8.90. The van der Waals surface area contributed by atoms with Crippen LogP contribution in [0, 0.1) is 12.7 Å². The normalized spacial score (nSPS) is 24.4. The summed E-state index contributed by atoms with van der Waals surface area (Å²) in [5.74, 6) is -0.734. The van der Waals surface area contributed by atoms with E-state index in [0.29, 0.717) is 12.0 Å². The molecule has 2 rings (SSSR count). The van der Waals surface area contributed by atoms with Crippen LogP contribution >= 0.6 is 0 Å². The van der Waals surface area contributed by atoms with Crippen molar-refractivity contribution in [2.45, 2.75) is 49.6 Å². The number of hydrogen-bond donors (Lipinski definition) is 2. The van der Waals surface area contributed by atoms with Gasteiger partial charge in [0.1, 0.15) is 10.7 Å². The first-order valence-electron chi connectivity index (χ1n) is 6.44. The van der Waals surface area contributed by atoms with Gasteiger partial charge >= 0.3 is 0 Å². The standard InChI is InChI=1S/C13H19FN2O2S/c1-9-6-7-10(14)13(8-9)19(17,18)16-12-5-3-2-4-11(12)15/h6-8,11-12,16H,2-5,15H2,1H3. The van der Waals surface area contributed by atoms with E-state index in [4.69, 9.17) is 5.73 Å². The number of aryl methyl sites for hydroxylation is 1. The van der Waals surface area contributed by atoms with Crippen LogP contribution in [0.25, 0.3) is 0 Å². The molecule has 4 nitrogen and oxygen atoms in total. The molecule has 2 atom stereocenters. The van der Waals surface area contributed by atoms with E-state index >= 15 is 0 Å². The topological polar surface area (TPSA) is 72.2 Å². The summed E-state index contributed by atoms with van der Waals surface area (Å²) in [6.45, 7) is 1.73. The maximum Gasteiger partial charge on any atom is 0.243 e. The SMILES string of the molecule is Cc1ccc(F)c(S(=O)(=O)NC2CCCCC2N)c1. The lowest BCUT2D eigenvalue weighted by Crippen LogP contribution is -2.49. The van der Waals surface area contributed by atoms with Gasteiger partial charge in [0.15, 0.2) is 0 Å². The summed E-state index contributed by atoms with van der Waals surface area (Å²) >= 11 is 0. The highest BCUT2D eigenvalue weighted by Crippen LogP contribution is 2.21. The Morgan fingerprint density at radius 1 is 1.32 bits per heavy atom. The smallest absolute Gasteiger partial charge is 0.243 e. The van der Waals surface area contributed by atoms with Gasteiger partial charge in [-0.2, -0.15) is 0 Å². The van der Waals surface area contributed by atoms with Gasteiger partial charge in [-0.25, -0.2) is 17.5 Å². The van der Waals surface area contributed by atoms with Gasteiger partial charge in [0.25, 0.3) is 0 Å². The summed E-state index contributed by atoms with van der Waals surface area (Å²) in [4.78, 5) is -0.301. The number of hydrogen-bond acceptors (Lipinski definition) is 3. The Kier molecular flexibility index (Phi) is 4.23. The van der Waals surface area contributed by atoms with Crippen LogP contribution in [0.3, 0.4) is 0 Å². The maximum absolute atomic E-state index is 13.7. The van der Waals surface area contributed by atoms with Gasteiger partial charge in [0, 0.05) is 12.1 Å². The highest BCUT2D eigenvalue weighted by Gasteiger charge is 2.28. The van der Waals surface area contributed by atoms with Crippen molar-refractivity contribution in [3.63, 3.8) is 0 Å². The second-order valence-corrected chi connectivity index (χ2v) is 6.79. The number of nitrogens with one attached hydrogen (secondary N) is 1. The molecule has 0 spiro atoms. The average molecular weight is 286 g/mol. The zero-order valence-corrected chi connectivity index (χ0v) is 11.7. The Balaban J connectivity index is 2.24. The van der Waals surface area contributed by atoms with Crippen LogP contribution in [-0.4, -0.2) is 20.5 Å². The first-order valence-corrected chi connectivity index (χ1v) is 7.92. The van der Waals surface area contributed by atoms with Crippen LogP contribution in [0.1, 0.15) is 31.2 Å². The number of nitrogens with two attached hydrogens (primary N) is 1. The highest BCUT2D eigenvalue weighted by molar-refractivity contribution is 7.89. The minimum Gasteiger partial charge on any atom is -0.326 e. The van der Waals surface area contributed by atoms with E-state index in [1.807, 2.05) is 0 Å². The molecule has 0 radical (unpaired) electrons. The third-order valence-corrected chi connectivity index (χ3v) is 5.01. The van der Waals surface area contributed by atoms with Crippen molar-refractivity contribution in [2.24, 2.45) is 5.73 Å². The molecular weight excluding hydrogens is 267 g/mol. The third kappa shape index (κ3) is 3.32. The molecule has 1 aromatic rings. The lowest BCUT2D eigenvalue weighted by molar-refractivity contribution is 0.360. The van der Waals surface area contributed by atoms with Crippen molar-refractivity contribution in [3.05, 3.63) is 29.6 Å².